The fraction of sp³-hybridized carbons (Fsp3) is 0.500. The number of benzene rings is 1. The fourth-order valence-electron chi connectivity index (χ4n) is 2.31. The standard InChI is InChI=1S/C16H22Br2N2O2/c1-5-19(6-2)15(21)13-11(17)9-10-12(18)14(13)16(22)20(7-3)8-4/h9-10H,5-8H2,1-4H3. The predicted molar refractivity (Wildman–Crippen MR) is 96.3 cm³/mol. The summed E-state index contributed by atoms with van der Waals surface area (Å²) in [7, 11) is 0. The summed E-state index contributed by atoms with van der Waals surface area (Å²) in [6.45, 7) is 10.1. The molecule has 0 N–H and O–H groups in total. The van der Waals surface area contributed by atoms with Gasteiger partial charge < -0.3 is 9.80 Å². The van der Waals surface area contributed by atoms with Crippen molar-refractivity contribution < 1.29 is 9.59 Å². The van der Waals surface area contributed by atoms with Crippen molar-refractivity contribution in [1.82, 2.24) is 9.80 Å². The minimum Gasteiger partial charge on any atom is -0.339 e. The van der Waals surface area contributed by atoms with Crippen molar-refractivity contribution in [3.8, 4) is 0 Å². The van der Waals surface area contributed by atoms with E-state index < -0.39 is 0 Å². The summed E-state index contributed by atoms with van der Waals surface area (Å²) >= 11 is 6.86. The van der Waals surface area contributed by atoms with Gasteiger partial charge in [0.15, 0.2) is 0 Å². The van der Waals surface area contributed by atoms with Crippen LogP contribution in [0.5, 0.6) is 0 Å². The number of rotatable bonds is 6. The zero-order valence-electron chi connectivity index (χ0n) is 13.4. The van der Waals surface area contributed by atoms with Crippen LogP contribution in [-0.2, 0) is 0 Å². The van der Waals surface area contributed by atoms with Gasteiger partial charge in [0.1, 0.15) is 0 Å². The third-order valence-electron chi connectivity index (χ3n) is 3.63. The number of hydrogen-bond donors (Lipinski definition) is 0. The first-order chi connectivity index (χ1) is 10.4. The molecule has 1 aromatic carbocycles. The fourth-order valence-corrected chi connectivity index (χ4v) is 3.31. The molecule has 0 unspecified atom stereocenters. The van der Waals surface area contributed by atoms with Crippen LogP contribution in [0.25, 0.3) is 0 Å². The number of halogens is 2. The van der Waals surface area contributed by atoms with Crippen LogP contribution in [-0.4, -0.2) is 47.8 Å². The molecule has 1 rings (SSSR count). The first-order valence-corrected chi connectivity index (χ1v) is 9.07. The van der Waals surface area contributed by atoms with Gasteiger partial charge in [-0.1, -0.05) is 0 Å². The van der Waals surface area contributed by atoms with E-state index in [-0.39, 0.29) is 11.8 Å². The molecular weight excluding hydrogens is 412 g/mol. The summed E-state index contributed by atoms with van der Waals surface area (Å²) in [5.41, 5.74) is 0.852. The van der Waals surface area contributed by atoms with E-state index in [2.05, 4.69) is 31.9 Å². The molecule has 0 bridgehead atoms. The summed E-state index contributed by atoms with van der Waals surface area (Å²) in [6, 6.07) is 3.58. The van der Waals surface area contributed by atoms with Crippen molar-refractivity contribution >= 4 is 43.7 Å². The van der Waals surface area contributed by atoms with E-state index in [9.17, 15) is 9.59 Å². The molecule has 1 aromatic rings. The molecule has 0 radical (unpaired) electrons. The smallest absolute Gasteiger partial charge is 0.255 e. The van der Waals surface area contributed by atoms with Gasteiger partial charge in [-0.25, -0.2) is 0 Å². The minimum atomic E-state index is -0.131. The molecule has 122 valence electrons. The molecule has 0 atom stereocenters. The number of carbonyl (C=O) groups excluding carboxylic acids is 2. The second-order valence-electron chi connectivity index (χ2n) is 4.73. The molecule has 4 nitrogen and oxygen atoms in total. The number of carbonyl (C=O) groups is 2. The Labute approximate surface area is 149 Å². The van der Waals surface area contributed by atoms with Gasteiger partial charge in [-0.2, -0.15) is 0 Å². The van der Waals surface area contributed by atoms with Crippen LogP contribution in [0.3, 0.4) is 0 Å². The Morgan fingerprint density at radius 1 is 0.773 bits per heavy atom. The average molecular weight is 434 g/mol. The van der Waals surface area contributed by atoms with E-state index in [1.165, 1.54) is 0 Å². The third kappa shape index (κ3) is 3.90. The summed E-state index contributed by atoms with van der Waals surface area (Å²) in [5.74, 6) is -0.262. The van der Waals surface area contributed by atoms with Crippen molar-refractivity contribution in [2.24, 2.45) is 0 Å². The van der Waals surface area contributed by atoms with Crippen molar-refractivity contribution in [2.45, 2.75) is 27.7 Å². The molecule has 6 heteroatoms. The lowest BCUT2D eigenvalue weighted by atomic mass is 10.0. The Morgan fingerprint density at radius 2 is 1.05 bits per heavy atom. The maximum absolute atomic E-state index is 12.8. The molecule has 0 fully saturated rings. The van der Waals surface area contributed by atoms with Gasteiger partial charge in [-0.15, -0.1) is 0 Å². The van der Waals surface area contributed by atoms with Gasteiger partial charge in [0.25, 0.3) is 11.8 Å². The third-order valence-corrected chi connectivity index (χ3v) is 4.95. The number of nitrogens with zero attached hydrogens (tertiary/aromatic N) is 2. The van der Waals surface area contributed by atoms with E-state index in [1.807, 2.05) is 27.7 Å². The molecule has 0 spiro atoms. The maximum Gasteiger partial charge on any atom is 0.255 e. The van der Waals surface area contributed by atoms with Crippen molar-refractivity contribution in [1.29, 1.82) is 0 Å². The van der Waals surface area contributed by atoms with Gasteiger partial charge in [-0.3, -0.25) is 9.59 Å². The lowest BCUT2D eigenvalue weighted by molar-refractivity contribution is 0.0732. The molecule has 0 aliphatic heterocycles. The van der Waals surface area contributed by atoms with Gasteiger partial charge in [-0.05, 0) is 71.7 Å². The lowest BCUT2D eigenvalue weighted by Crippen LogP contribution is -2.36. The highest BCUT2D eigenvalue weighted by molar-refractivity contribution is 9.11. The summed E-state index contributed by atoms with van der Waals surface area (Å²) in [6.07, 6.45) is 0. The highest BCUT2D eigenvalue weighted by atomic mass is 79.9. The van der Waals surface area contributed by atoms with Gasteiger partial charge in [0.2, 0.25) is 0 Å². The van der Waals surface area contributed by atoms with E-state index in [4.69, 9.17) is 0 Å². The van der Waals surface area contributed by atoms with Crippen LogP contribution in [0.15, 0.2) is 21.1 Å². The molecule has 0 heterocycles. The van der Waals surface area contributed by atoms with E-state index in [0.717, 1.165) is 0 Å². The average Bonchev–Trinajstić information content (AvgIpc) is 2.51. The second-order valence-corrected chi connectivity index (χ2v) is 6.44. The quantitative estimate of drug-likeness (QED) is 0.675. The van der Waals surface area contributed by atoms with Crippen molar-refractivity contribution in [3.05, 3.63) is 32.2 Å². The van der Waals surface area contributed by atoms with Crippen LogP contribution in [0.4, 0.5) is 0 Å². The molecule has 0 aliphatic rings. The highest BCUT2D eigenvalue weighted by Gasteiger charge is 2.27. The van der Waals surface area contributed by atoms with E-state index >= 15 is 0 Å². The molecule has 0 aromatic heterocycles. The zero-order chi connectivity index (χ0) is 16.9. The predicted octanol–water partition coefficient (Wildman–Crippen LogP) is 4.18. The van der Waals surface area contributed by atoms with Crippen LogP contribution >= 0.6 is 31.9 Å². The molecular formula is C16H22Br2N2O2. The monoisotopic (exact) mass is 432 g/mol. The van der Waals surface area contributed by atoms with Crippen molar-refractivity contribution in [2.75, 3.05) is 26.2 Å². The Bertz CT molecular complexity index is 504. The van der Waals surface area contributed by atoms with Gasteiger partial charge in [0, 0.05) is 35.1 Å². The van der Waals surface area contributed by atoms with Crippen LogP contribution < -0.4 is 0 Å². The SMILES string of the molecule is CCN(CC)C(=O)c1c(Br)ccc(Br)c1C(=O)N(CC)CC. The van der Waals surface area contributed by atoms with Crippen LogP contribution in [0, 0.1) is 0 Å². The second kappa shape index (κ2) is 8.67. The van der Waals surface area contributed by atoms with Gasteiger partial charge >= 0.3 is 0 Å². The Balaban J connectivity index is 3.48. The Kier molecular flexibility index (Phi) is 7.56. The van der Waals surface area contributed by atoms with Gasteiger partial charge in [0.05, 0.1) is 11.1 Å². The molecule has 2 amide bonds. The lowest BCUT2D eigenvalue weighted by Gasteiger charge is -2.24. The first kappa shape index (κ1) is 19.2. The van der Waals surface area contributed by atoms with E-state index in [0.29, 0.717) is 46.3 Å². The Morgan fingerprint density at radius 3 is 1.27 bits per heavy atom. The topological polar surface area (TPSA) is 40.6 Å². The van der Waals surface area contributed by atoms with Crippen LogP contribution in [0.2, 0.25) is 0 Å². The minimum absolute atomic E-state index is 0.131. The molecule has 0 aliphatic carbocycles. The number of hydrogen-bond acceptors (Lipinski definition) is 2. The summed E-state index contributed by atoms with van der Waals surface area (Å²) in [4.78, 5) is 29.0. The zero-order valence-corrected chi connectivity index (χ0v) is 16.6. The normalized spacial score (nSPS) is 10.5. The highest BCUT2D eigenvalue weighted by Crippen LogP contribution is 2.30. The van der Waals surface area contributed by atoms with Crippen LogP contribution in [0.1, 0.15) is 48.4 Å². The summed E-state index contributed by atoms with van der Waals surface area (Å²) in [5, 5.41) is 0. The maximum atomic E-state index is 12.8. The van der Waals surface area contributed by atoms with E-state index in [1.54, 1.807) is 21.9 Å². The molecule has 0 saturated heterocycles. The largest absolute Gasteiger partial charge is 0.339 e. The summed E-state index contributed by atoms with van der Waals surface area (Å²) < 4.78 is 1.28. The van der Waals surface area contributed by atoms with Crippen molar-refractivity contribution in [3.63, 3.8) is 0 Å². The number of amides is 2. The Hall–Kier alpha value is -0.880. The first-order valence-electron chi connectivity index (χ1n) is 7.49. The molecule has 0 saturated carbocycles. The molecule has 22 heavy (non-hydrogen) atoms.